The lowest BCUT2D eigenvalue weighted by Gasteiger charge is -2.09. The predicted octanol–water partition coefficient (Wildman–Crippen LogP) is 5.61. The molecule has 142 valence electrons. The van der Waals surface area contributed by atoms with Crippen LogP contribution in [0.1, 0.15) is 51.7 Å². The van der Waals surface area contributed by atoms with E-state index in [2.05, 4.69) is 44.3 Å². The zero-order valence-electron chi connectivity index (χ0n) is 16.6. The van der Waals surface area contributed by atoms with Gasteiger partial charge < -0.3 is 14.2 Å². The van der Waals surface area contributed by atoms with E-state index >= 15 is 0 Å². The van der Waals surface area contributed by atoms with Crippen molar-refractivity contribution < 1.29 is 14.2 Å². The van der Waals surface area contributed by atoms with Crippen molar-refractivity contribution in [3.8, 4) is 0 Å². The minimum absolute atomic E-state index is 0.517. The molecule has 0 saturated carbocycles. The van der Waals surface area contributed by atoms with Gasteiger partial charge in [0.1, 0.15) is 0 Å². The maximum absolute atomic E-state index is 5.59. The molecule has 0 unspecified atom stereocenters. The van der Waals surface area contributed by atoms with Crippen molar-refractivity contribution in [2.45, 2.75) is 40.5 Å². The number of unbranched alkanes of at least 4 members (excludes halogenated alkanes) is 1. The molecule has 1 rings (SSSR count). The Hall–Kier alpha value is -1.42. The highest BCUT2D eigenvalue weighted by atomic mass is 16.5. The van der Waals surface area contributed by atoms with Gasteiger partial charge in [0, 0.05) is 6.61 Å². The molecule has 3 heteroatoms. The van der Waals surface area contributed by atoms with Crippen LogP contribution in [0.15, 0.2) is 37.4 Å². The summed E-state index contributed by atoms with van der Waals surface area (Å²) in [5.41, 5.74) is 4.28. The molecule has 0 aliphatic carbocycles. The first-order valence-electron chi connectivity index (χ1n) is 9.32. The van der Waals surface area contributed by atoms with Crippen LogP contribution in [0.4, 0.5) is 0 Å². The summed E-state index contributed by atoms with van der Waals surface area (Å²) in [6.07, 6.45) is 2.27. The number of allylic oxidation sites excluding steroid dienone is 1. The molecule has 25 heavy (non-hydrogen) atoms. The molecule has 0 N–H and O–H groups in total. The van der Waals surface area contributed by atoms with Crippen LogP contribution in [0.25, 0.3) is 11.1 Å². The quantitative estimate of drug-likeness (QED) is 0.434. The molecule has 0 aliphatic heterocycles. The minimum atomic E-state index is 0.517. The standard InChI is InChI=1S/C20H30O3.C2H6/c1-5-6-11-21-12-13-22-14-15-23-16-18(4)20-9-7-19(8-10-20)17(2)3;1-2/h7-10H,2,4-6,11-16H2,1,3H3;1-2H3. The Morgan fingerprint density at radius 2 is 1.28 bits per heavy atom. The Morgan fingerprint density at radius 3 is 1.80 bits per heavy atom. The largest absolute Gasteiger partial charge is 0.379 e. The first-order chi connectivity index (χ1) is 12.1. The molecular formula is C22H36O3. The van der Waals surface area contributed by atoms with Gasteiger partial charge in [-0.25, -0.2) is 0 Å². The van der Waals surface area contributed by atoms with Crippen molar-refractivity contribution in [1.29, 1.82) is 0 Å². The highest BCUT2D eigenvalue weighted by Crippen LogP contribution is 2.17. The number of rotatable bonds is 13. The van der Waals surface area contributed by atoms with Gasteiger partial charge in [0.05, 0.1) is 33.0 Å². The van der Waals surface area contributed by atoms with E-state index in [1.807, 2.05) is 20.8 Å². The molecule has 0 atom stereocenters. The number of hydrogen-bond acceptors (Lipinski definition) is 3. The van der Waals surface area contributed by atoms with E-state index in [0.29, 0.717) is 33.0 Å². The third kappa shape index (κ3) is 11.7. The lowest BCUT2D eigenvalue weighted by Crippen LogP contribution is -2.10. The van der Waals surface area contributed by atoms with Crippen LogP contribution < -0.4 is 0 Å². The summed E-state index contributed by atoms with van der Waals surface area (Å²) >= 11 is 0. The minimum Gasteiger partial charge on any atom is -0.379 e. The van der Waals surface area contributed by atoms with Gasteiger partial charge in [-0.15, -0.1) is 0 Å². The second-order valence-corrected chi connectivity index (χ2v) is 5.59. The van der Waals surface area contributed by atoms with Crippen molar-refractivity contribution in [2.75, 3.05) is 39.6 Å². The Morgan fingerprint density at radius 1 is 0.800 bits per heavy atom. The average molecular weight is 349 g/mol. The lowest BCUT2D eigenvalue weighted by molar-refractivity contribution is 0.0198. The highest BCUT2D eigenvalue weighted by Gasteiger charge is 2.00. The van der Waals surface area contributed by atoms with Crippen LogP contribution in [-0.2, 0) is 14.2 Å². The molecule has 0 radical (unpaired) electrons. The van der Waals surface area contributed by atoms with Gasteiger partial charge in [0.15, 0.2) is 0 Å². The van der Waals surface area contributed by atoms with Gasteiger partial charge >= 0.3 is 0 Å². The number of benzene rings is 1. The summed E-state index contributed by atoms with van der Waals surface area (Å²) in [6, 6.07) is 8.23. The topological polar surface area (TPSA) is 27.7 Å². The van der Waals surface area contributed by atoms with Gasteiger partial charge in [-0.3, -0.25) is 0 Å². The molecule has 0 fully saturated rings. The third-order valence-electron chi connectivity index (χ3n) is 3.45. The summed E-state index contributed by atoms with van der Waals surface area (Å²) in [7, 11) is 0. The van der Waals surface area contributed by atoms with Crippen molar-refractivity contribution in [3.63, 3.8) is 0 Å². The second kappa shape index (κ2) is 16.1. The van der Waals surface area contributed by atoms with Crippen LogP contribution in [0.3, 0.4) is 0 Å². The summed E-state index contributed by atoms with van der Waals surface area (Å²) in [5.74, 6) is 0. The van der Waals surface area contributed by atoms with Crippen LogP contribution in [0.2, 0.25) is 0 Å². The molecule has 0 heterocycles. The maximum atomic E-state index is 5.59. The molecule has 0 saturated heterocycles. The van der Waals surface area contributed by atoms with Gasteiger partial charge in [0.2, 0.25) is 0 Å². The van der Waals surface area contributed by atoms with Gasteiger partial charge in [-0.05, 0) is 30.0 Å². The van der Waals surface area contributed by atoms with E-state index in [4.69, 9.17) is 14.2 Å². The van der Waals surface area contributed by atoms with Crippen molar-refractivity contribution in [3.05, 3.63) is 48.6 Å². The Labute approximate surface area is 154 Å². The number of ether oxygens (including phenoxy) is 3. The highest BCUT2D eigenvalue weighted by molar-refractivity contribution is 5.68. The molecular weight excluding hydrogens is 312 g/mol. The monoisotopic (exact) mass is 348 g/mol. The van der Waals surface area contributed by atoms with E-state index in [1.165, 1.54) is 0 Å². The third-order valence-corrected chi connectivity index (χ3v) is 3.45. The van der Waals surface area contributed by atoms with Crippen LogP contribution in [0, 0.1) is 0 Å². The molecule has 3 nitrogen and oxygen atoms in total. The normalized spacial score (nSPS) is 10.1. The van der Waals surface area contributed by atoms with E-state index in [0.717, 1.165) is 41.7 Å². The zero-order chi connectivity index (χ0) is 18.9. The van der Waals surface area contributed by atoms with E-state index < -0.39 is 0 Å². The van der Waals surface area contributed by atoms with E-state index in [9.17, 15) is 0 Å². The molecule has 0 aliphatic rings. The average Bonchev–Trinajstić information content (AvgIpc) is 2.64. The fraction of sp³-hybridized carbons (Fsp3) is 0.545. The van der Waals surface area contributed by atoms with E-state index in [1.54, 1.807) is 0 Å². The van der Waals surface area contributed by atoms with Crippen LogP contribution >= 0.6 is 0 Å². The molecule has 0 amide bonds. The predicted molar refractivity (Wildman–Crippen MR) is 109 cm³/mol. The smallest absolute Gasteiger partial charge is 0.0718 e. The summed E-state index contributed by atoms with van der Waals surface area (Å²) in [4.78, 5) is 0. The van der Waals surface area contributed by atoms with Crippen molar-refractivity contribution in [2.24, 2.45) is 0 Å². The molecule has 0 spiro atoms. The van der Waals surface area contributed by atoms with Crippen LogP contribution in [-0.4, -0.2) is 39.6 Å². The SMILES string of the molecule is C=C(C)c1ccc(C(=C)COCCOCCOCCCC)cc1.CC. The summed E-state index contributed by atoms with van der Waals surface area (Å²) in [6.45, 7) is 19.9. The van der Waals surface area contributed by atoms with E-state index in [-0.39, 0.29) is 0 Å². The molecule has 1 aromatic rings. The first kappa shape index (κ1) is 23.6. The van der Waals surface area contributed by atoms with Gasteiger partial charge in [-0.2, -0.15) is 0 Å². The summed E-state index contributed by atoms with van der Waals surface area (Å²) in [5, 5.41) is 0. The van der Waals surface area contributed by atoms with Gasteiger partial charge in [0.25, 0.3) is 0 Å². The summed E-state index contributed by atoms with van der Waals surface area (Å²) < 4.78 is 16.5. The molecule has 0 bridgehead atoms. The Kier molecular flexibility index (Phi) is 15.2. The fourth-order valence-corrected chi connectivity index (χ4v) is 1.96. The van der Waals surface area contributed by atoms with Crippen molar-refractivity contribution in [1.82, 2.24) is 0 Å². The van der Waals surface area contributed by atoms with Crippen LogP contribution in [0.5, 0.6) is 0 Å². The molecule has 0 aromatic heterocycles. The molecule has 1 aromatic carbocycles. The first-order valence-corrected chi connectivity index (χ1v) is 9.32. The Bertz CT molecular complexity index is 463. The zero-order valence-corrected chi connectivity index (χ0v) is 16.6. The van der Waals surface area contributed by atoms with Crippen molar-refractivity contribution >= 4 is 11.1 Å². The maximum Gasteiger partial charge on any atom is 0.0718 e. The second-order valence-electron chi connectivity index (χ2n) is 5.59. The van der Waals surface area contributed by atoms with Gasteiger partial charge in [-0.1, -0.05) is 70.2 Å². The fourth-order valence-electron chi connectivity index (χ4n) is 1.96. The lowest BCUT2D eigenvalue weighted by atomic mass is 10.0. The Balaban J connectivity index is 0.00000277. The number of hydrogen-bond donors (Lipinski definition) is 0.